The van der Waals surface area contributed by atoms with E-state index in [1.807, 2.05) is 0 Å². The standard InChI is InChI=1S/C18H21FN4O2/c1-12(23-9-3-4-16(23)24)18(25)22(2)11-14-10-20-21-17(14)13-5-7-15(19)8-6-13/h5-8,10,12H,3-4,9,11H2,1-2H3,(H,20,21)/t12-/m0/s1. The minimum atomic E-state index is -0.471. The molecule has 3 rings (SSSR count). The predicted octanol–water partition coefficient (Wildman–Crippen LogP) is 2.19. The van der Waals surface area contributed by atoms with Gasteiger partial charge in [-0.1, -0.05) is 0 Å². The molecule has 7 heteroatoms. The first-order valence-corrected chi connectivity index (χ1v) is 8.30. The molecule has 1 aromatic carbocycles. The predicted molar refractivity (Wildman–Crippen MR) is 90.9 cm³/mol. The molecule has 2 amide bonds. The molecule has 1 N–H and O–H groups in total. The van der Waals surface area contributed by atoms with Crippen LogP contribution in [-0.2, 0) is 16.1 Å². The third-order valence-electron chi connectivity index (χ3n) is 4.57. The lowest BCUT2D eigenvalue weighted by Crippen LogP contribution is -2.46. The summed E-state index contributed by atoms with van der Waals surface area (Å²) in [5.74, 6) is -0.382. The number of aromatic nitrogens is 2. The van der Waals surface area contributed by atoms with Gasteiger partial charge >= 0.3 is 0 Å². The number of halogens is 1. The van der Waals surface area contributed by atoms with Crippen LogP contribution in [0.5, 0.6) is 0 Å². The van der Waals surface area contributed by atoms with Crippen molar-refractivity contribution in [3.63, 3.8) is 0 Å². The Kier molecular flexibility index (Phi) is 4.83. The number of benzene rings is 1. The lowest BCUT2D eigenvalue weighted by atomic mass is 10.1. The van der Waals surface area contributed by atoms with Crippen LogP contribution in [0.2, 0.25) is 0 Å². The van der Waals surface area contributed by atoms with E-state index in [-0.39, 0.29) is 17.6 Å². The molecule has 1 aliphatic rings. The zero-order valence-electron chi connectivity index (χ0n) is 14.3. The third-order valence-corrected chi connectivity index (χ3v) is 4.57. The van der Waals surface area contributed by atoms with Crippen LogP contribution < -0.4 is 0 Å². The molecule has 1 atom stereocenters. The summed E-state index contributed by atoms with van der Waals surface area (Å²) in [5.41, 5.74) is 2.39. The van der Waals surface area contributed by atoms with E-state index in [0.29, 0.717) is 19.5 Å². The van der Waals surface area contributed by atoms with E-state index in [2.05, 4.69) is 10.2 Å². The molecule has 1 fully saturated rings. The van der Waals surface area contributed by atoms with E-state index < -0.39 is 6.04 Å². The maximum atomic E-state index is 13.1. The summed E-state index contributed by atoms with van der Waals surface area (Å²) in [6.45, 7) is 2.75. The van der Waals surface area contributed by atoms with Crippen LogP contribution in [0.15, 0.2) is 30.5 Å². The van der Waals surface area contributed by atoms with Gasteiger partial charge in [0.1, 0.15) is 11.9 Å². The number of likely N-dealkylation sites (N-methyl/N-ethyl adjacent to an activating group) is 1. The second-order valence-corrected chi connectivity index (χ2v) is 6.34. The van der Waals surface area contributed by atoms with Crippen molar-refractivity contribution in [3.05, 3.63) is 41.8 Å². The Morgan fingerprint density at radius 3 is 2.76 bits per heavy atom. The molecule has 2 heterocycles. The molecule has 1 saturated heterocycles. The molecule has 0 unspecified atom stereocenters. The number of hydrogen-bond donors (Lipinski definition) is 1. The topological polar surface area (TPSA) is 69.3 Å². The molecule has 2 aromatic rings. The van der Waals surface area contributed by atoms with Gasteiger partial charge in [-0.15, -0.1) is 0 Å². The number of nitrogens with one attached hydrogen (secondary N) is 1. The Morgan fingerprint density at radius 2 is 2.12 bits per heavy atom. The number of rotatable bonds is 5. The average molecular weight is 344 g/mol. The van der Waals surface area contributed by atoms with Crippen molar-refractivity contribution >= 4 is 11.8 Å². The van der Waals surface area contributed by atoms with Gasteiger partial charge in [-0.2, -0.15) is 5.10 Å². The van der Waals surface area contributed by atoms with Crippen LogP contribution in [0.1, 0.15) is 25.3 Å². The van der Waals surface area contributed by atoms with Gasteiger partial charge in [0.25, 0.3) is 0 Å². The number of likely N-dealkylation sites (tertiary alicyclic amines) is 1. The highest BCUT2D eigenvalue weighted by molar-refractivity contribution is 5.88. The van der Waals surface area contributed by atoms with Crippen LogP contribution in [0.3, 0.4) is 0 Å². The SMILES string of the molecule is C[C@@H](C(=O)N(C)Cc1cn[nH]c1-c1ccc(F)cc1)N1CCCC1=O. The summed E-state index contributed by atoms with van der Waals surface area (Å²) in [4.78, 5) is 27.7. The van der Waals surface area contributed by atoms with Gasteiger partial charge in [-0.25, -0.2) is 4.39 Å². The maximum Gasteiger partial charge on any atom is 0.245 e. The number of nitrogens with zero attached hydrogens (tertiary/aromatic N) is 3. The molecule has 0 radical (unpaired) electrons. The summed E-state index contributed by atoms with van der Waals surface area (Å²) in [7, 11) is 1.71. The van der Waals surface area contributed by atoms with Gasteiger partial charge in [0, 0.05) is 37.7 Å². The zero-order chi connectivity index (χ0) is 18.0. The highest BCUT2D eigenvalue weighted by Gasteiger charge is 2.31. The lowest BCUT2D eigenvalue weighted by molar-refractivity contribution is -0.142. The molecule has 25 heavy (non-hydrogen) atoms. The van der Waals surface area contributed by atoms with Gasteiger partial charge in [0.2, 0.25) is 11.8 Å². The molecule has 1 aromatic heterocycles. The third kappa shape index (κ3) is 3.55. The maximum absolute atomic E-state index is 13.1. The van der Waals surface area contributed by atoms with Crippen molar-refractivity contribution in [2.24, 2.45) is 0 Å². The first kappa shape index (κ1) is 17.1. The molecule has 6 nitrogen and oxygen atoms in total. The first-order valence-electron chi connectivity index (χ1n) is 8.30. The van der Waals surface area contributed by atoms with Crippen molar-refractivity contribution < 1.29 is 14.0 Å². The highest BCUT2D eigenvalue weighted by atomic mass is 19.1. The minimum absolute atomic E-state index is 0.0320. The number of carbonyl (C=O) groups excluding carboxylic acids is 2. The zero-order valence-corrected chi connectivity index (χ0v) is 14.3. The Hall–Kier alpha value is -2.70. The number of carbonyl (C=O) groups is 2. The fourth-order valence-corrected chi connectivity index (χ4v) is 3.16. The minimum Gasteiger partial charge on any atom is -0.340 e. The van der Waals surface area contributed by atoms with Gasteiger partial charge in [-0.3, -0.25) is 14.7 Å². The van der Waals surface area contributed by atoms with E-state index in [9.17, 15) is 14.0 Å². The van der Waals surface area contributed by atoms with E-state index in [0.717, 1.165) is 23.2 Å². The molecular formula is C18H21FN4O2. The van der Waals surface area contributed by atoms with Gasteiger partial charge < -0.3 is 9.80 Å². The van der Waals surface area contributed by atoms with Crippen LogP contribution in [0.25, 0.3) is 11.3 Å². The van der Waals surface area contributed by atoms with E-state index in [1.165, 1.54) is 12.1 Å². The van der Waals surface area contributed by atoms with Crippen LogP contribution in [0, 0.1) is 5.82 Å². The molecule has 0 saturated carbocycles. The Labute approximate surface area is 145 Å². The molecule has 0 aliphatic carbocycles. The first-order chi connectivity index (χ1) is 12.0. The molecule has 0 spiro atoms. The van der Waals surface area contributed by atoms with Crippen molar-refractivity contribution in [2.45, 2.75) is 32.4 Å². The fraction of sp³-hybridized carbons (Fsp3) is 0.389. The highest BCUT2D eigenvalue weighted by Crippen LogP contribution is 2.23. The number of hydrogen-bond acceptors (Lipinski definition) is 3. The van der Waals surface area contributed by atoms with Crippen LogP contribution in [0.4, 0.5) is 4.39 Å². The monoisotopic (exact) mass is 344 g/mol. The van der Waals surface area contributed by atoms with Gasteiger partial charge in [0.05, 0.1) is 11.9 Å². The number of aromatic amines is 1. The number of H-pyrrole nitrogens is 1. The molecular weight excluding hydrogens is 323 g/mol. The molecule has 1 aliphatic heterocycles. The second-order valence-electron chi connectivity index (χ2n) is 6.34. The average Bonchev–Trinajstić information content (AvgIpc) is 3.23. The molecule has 132 valence electrons. The Morgan fingerprint density at radius 1 is 1.40 bits per heavy atom. The molecule has 0 bridgehead atoms. The van der Waals surface area contributed by atoms with Crippen molar-refractivity contribution in [2.75, 3.05) is 13.6 Å². The van der Waals surface area contributed by atoms with Crippen LogP contribution >= 0.6 is 0 Å². The Bertz CT molecular complexity index is 772. The van der Waals surface area contributed by atoms with Gasteiger partial charge in [0.15, 0.2) is 0 Å². The summed E-state index contributed by atoms with van der Waals surface area (Å²) < 4.78 is 13.1. The smallest absolute Gasteiger partial charge is 0.245 e. The number of amides is 2. The summed E-state index contributed by atoms with van der Waals surface area (Å²) in [6, 6.07) is 5.63. The summed E-state index contributed by atoms with van der Waals surface area (Å²) in [5, 5.41) is 6.95. The summed E-state index contributed by atoms with van der Waals surface area (Å²) >= 11 is 0. The Balaban J connectivity index is 1.72. The van der Waals surface area contributed by atoms with Crippen molar-refractivity contribution in [3.8, 4) is 11.3 Å². The summed E-state index contributed by atoms with van der Waals surface area (Å²) in [6.07, 6.45) is 2.97. The second kappa shape index (κ2) is 7.04. The largest absolute Gasteiger partial charge is 0.340 e. The van der Waals surface area contributed by atoms with E-state index >= 15 is 0 Å². The van der Waals surface area contributed by atoms with Crippen LogP contribution in [-0.4, -0.2) is 51.4 Å². The fourth-order valence-electron chi connectivity index (χ4n) is 3.16. The van der Waals surface area contributed by atoms with E-state index in [1.54, 1.807) is 42.1 Å². The lowest BCUT2D eigenvalue weighted by Gasteiger charge is -2.28. The van der Waals surface area contributed by atoms with Crippen molar-refractivity contribution in [1.82, 2.24) is 20.0 Å². The van der Waals surface area contributed by atoms with E-state index in [4.69, 9.17) is 0 Å². The quantitative estimate of drug-likeness (QED) is 0.904. The van der Waals surface area contributed by atoms with Gasteiger partial charge in [-0.05, 0) is 37.6 Å². The normalized spacial score (nSPS) is 15.5. The van der Waals surface area contributed by atoms with Crippen molar-refractivity contribution in [1.29, 1.82) is 0 Å².